The van der Waals surface area contributed by atoms with Crippen LogP contribution in [0.3, 0.4) is 0 Å². The SMILES string of the molecule is O=c1ccc2c(n1CCn1cccn1)CC[C@H](NC1CCOCC1)C2. The number of aryl methyl sites for hydroxylation is 1. The molecule has 2 aromatic heterocycles. The van der Waals surface area contributed by atoms with Crippen molar-refractivity contribution >= 4 is 0 Å². The minimum Gasteiger partial charge on any atom is -0.381 e. The summed E-state index contributed by atoms with van der Waals surface area (Å²) in [5.74, 6) is 0. The molecule has 0 spiro atoms. The number of hydrogen-bond donors (Lipinski definition) is 1. The molecule has 25 heavy (non-hydrogen) atoms. The van der Waals surface area contributed by atoms with Crippen LogP contribution in [0.25, 0.3) is 0 Å². The van der Waals surface area contributed by atoms with E-state index in [9.17, 15) is 4.79 Å². The largest absolute Gasteiger partial charge is 0.381 e. The van der Waals surface area contributed by atoms with Crippen molar-refractivity contribution < 1.29 is 4.74 Å². The van der Waals surface area contributed by atoms with Crippen molar-refractivity contribution in [2.75, 3.05) is 13.2 Å². The quantitative estimate of drug-likeness (QED) is 0.892. The van der Waals surface area contributed by atoms with Crippen LogP contribution in [-0.4, -0.2) is 39.6 Å². The first-order valence-corrected chi connectivity index (χ1v) is 9.32. The highest BCUT2D eigenvalue weighted by molar-refractivity contribution is 5.25. The molecule has 0 bridgehead atoms. The van der Waals surface area contributed by atoms with Crippen LogP contribution in [0, 0.1) is 0 Å². The van der Waals surface area contributed by atoms with Crippen molar-refractivity contribution in [3.05, 3.63) is 52.2 Å². The Labute approximate surface area is 147 Å². The van der Waals surface area contributed by atoms with Gasteiger partial charge in [0.2, 0.25) is 0 Å². The van der Waals surface area contributed by atoms with Crippen LogP contribution in [-0.2, 0) is 30.7 Å². The highest BCUT2D eigenvalue weighted by Gasteiger charge is 2.24. The summed E-state index contributed by atoms with van der Waals surface area (Å²) in [4.78, 5) is 12.4. The second-order valence-electron chi connectivity index (χ2n) is 7.06. The Kier molecular flexibility index (Phi) is 4.99. The molecule has 2 aliphatic rings. The van der Waals surface area contributed by atoms with E-state index < -0.39 is 0 Å². The summed E-state index contributed by atoms with van der Waals surface area (Å²) in [6, 6.07) is 6.74. The Morgan fingerprint density at radius 3 is 2.84 bits per heavy atom. The van der Waals surface area contributed by atoms with Gasteiger partial charge >= 0.3 is 0 Å². The van der Waals surface area contributed by atoms with Gasteiger partial charge in [-0.3, -0.25) is 9.48 Å². The Morgan fingerprint density at radius 1 is 1.16 bits per heavy atom. The molecule has 4 rings (SSSR count). The van der Waals surface area contributed by atoms with Gasteiger partial charge in [-0.1, -0.05) is 6.07 Å². The van der Waals surface area contributed by atoms with E-state index >= 15 is 0 Å². The number of aromatic nitrogens is 3. The third-order valence-corrected chi connectivity index (χ3v) is 5.39. The lowest BCUT2D eigenvalue weighted by atomic mass is 9.90. The van der Waals surface area contributed by atoms with Crippen LogP contribution < -0.4 is 10.9 Å². The standard InChI is InChI=1S/C19H26N4O2/c24-19-5-2-15-14-17(21-16-6-12-25-13-7-16)3-4-18(15)23(19)11-10-22-9-1-8-20-22/h1-2,5,8-9,16-17,21H,3-4,6-7,10-14H2/t17-/m0/s1. The van der Waals surface area contributed by atoms with Gasteiger partial charge in [-0.15, -0.1) is 0 Å². The summed E-state index contributed by atoms with van der Waals surface area (Å²) in [5, 5.41) is 8.04. The van der Waals surface area contributed by atoms with E-state index in [2.05, 4.69) is 10.4 Å². The van der Waals surface area contributed by atoms with Crippen molar-refractivity contribution in [3.8, 4) is 0 Å². The van der Waals surface area contributed by atoms with Crippen LogP contribution in [0.1, 0.15) is 30.5 Å². The second kappa shape index (κ2) is 7.54. The molecule has 3 heterocycles. The summed E-state index contributed by atoms with van der Waals surface area (Å²) >= 11 is 0. The lowest BCUT2D eigenvalue weighted by Crippen LogP contribution is -2.45. The molecule has 0 saturated carbocycles. The molecule has 1 atom stereocenters. The van der Waals surface area contributed by atoms with E-state index in [4.69, 9.17) is 4.74 Å². The first-order valence-electron chi connectivity index (χ1n) is 9.32. The third-order valence-electron chi connectivity index (χ3n) is 5.39. The monoisotopic (exact) mass is 342 g/mol. The molecule has 1 N–H and O–H groups in total. The summed E-state index contributed by atoms with van der Waals surface area (Å²) in [6.45, 7) is 3.15. The summed E-state index contributed by atoms with van der Waals surface area (Å²) in [5.41, 5.74) is 2.63. The van der Waals surface area contributed by atoms with Gasteiger partial charge < -0.3 is 14.6 Å². The van der Waals surface area contributed by atoms with Crippen molar-refractivity contribution in [3.63, 3.8) is 0 Å². The maximum Gasteiger partial charge on any atom is 0.250 e. The fourth-order valence-corrected chi connectivity index (χ4v) is 4.04. The Bertz CT molecular complexity index is 747. The van der Waals surface area contributed by atoms with Crippen LogP contribution in [0.2, 0.25) is 0 Å². The van der Waals surface area contributed by atoms with Gasteiger partial charge in [-0.2, -0.15) is 5.10 Å². The van der Waals surface area contributed by atoms with Gasteiger partial charge in [-0.05, 0) is 43.7 Å². The first kappa shape index (κ1) is 16.5. The van der Waals surface area contributed by atoms with Crippen LogP contribution in [0.15, 0.2) is 35.4 Å². The molecule has 134 valence electrons. The Hall–Kier alpha value is -1.92. The maximum atomic E-state index is 12.4. The Morgan fingerprint density at radius 2 is 2.04 bits per heavy atom. The van der Waals surface area contributed by atoms with Crippen molar-refractivity contribution in [2.45, 2.75) is 57.3 Å². The first-order chi connectivity index (χ1) is 12.3. The van der Waals surface area contributed by atoms with E-state index in [0.29, 0.717) is 18.6 Å². The predicted octanol–water partition coefficient (Wildman–Crippen LogP) is 1.37. The molecular formula is C19H26N4O2. The van der Waals surface area contributed by atoms with Crippen LogP contribution in [0.4, 0.5) is 0 Å². The summed E-state index contributed by atoms with van der Waals surface area (Å²) < 4.78 is 9.27. The number of nitrogens with zero attached hydrogens (tertiary/aromatic N) is 3. The molecule has 1 saturated heterocycles. The predicted molar refractivity (Wildman–Crippen MR) is 95.7 cm³/mol. The van der Waals surface area contributed by atoms with Gasteiger partial charge in [0.05, 0.1) is 6.54 Å². The molecule has 1 aliphatic carbocycles. The second-order valence-corrected chi connectivity index (χ2v) is 7.06. The lowest BCUT2D eigenvalue weighted by Gasteiger charge is -2.32. The zero-order valence-electron chi connectivity index (χ0n) is 14.6. The number of ether oxygens (including phenoxy) is 1. The van der Waals surface area contributed by atoms with Crippen molar-refractivity contribution in [1.29, 1.82) is 0 Å². The van der Waals surface area contributed by atoms with E-state index in [1.807, 2.05) is 27.6 Å². The average Bonchev–Trinajstić information content (AvgIpc) is 3.15. The van der Waals surface area contributed by atoms with Crippen molar-refractivity contribution in [1.82, 2.24) is 19.7 Å². The van der Waals surface area contributed by atoms with E-state index in [0.717, 1.165) is 51.9 Å². The molecule has 0 amide bonds. The molecule has 1 fully saturated rings. The fourth-order valence-electron chi connectivity index (χ4n) is 4.04. The minimum absolute atomic E-state index is 0.0988. The lowest BCUT2D eigenvalue weighted by molar-refractivity contribution is 0.0742. The zero-order valence-corrected chi connectivity index (χ0v) is 14.6. The molecular weight excluding hydrogens is 316 g/mol. The van der Waals surface area contributed by atoms with Crippen molar-refractivity contribution in [2.24, 2.45) is 0 Å². The van der Waals surface area contributed by atoms with E-state index in [-0.39, 0.29) is 5.56 Å². The molecule has 1 aliphatic heterocycles. The zero-order chi connectivity index (χ0) is 17.1. The number of rotatable bonds is 5. The minimum atomic E-state index is 0.0988. The summed E-state index contributed by atoms with van der Waals surface area (Å²) in [6.07, 6.45) is 8.99. The number of pyridine rings is 1. The molecule has 6 heteroatoms. The van der Waals surface area contributed by atoms with Gasteiger partial charge in [0.15, 0.2) is 0 Å². The smallest absolute Gasteiger partial charge is 0.250 e. The van der Waals surface area contributed by atoms with Gasteiger partial charge in [0.25, 0.3) is 5.56 Å². The summed E-state index contributed by atoms with van der Waals surface area (Å²) in [7, 11) is 0. The van der Waals surface area contributed by atoms with Crippen LogP contribution >= 0.6 is 0 Å². The molecule has 0 unspecified atom stereocenters. The third kappa shape index (κ3) is 3.85. The normalized spacial score (nSPS) is 21.2. The van der Waals surface area contributed by atoms with E-state index in [1.165, 1.54) is 11.3 Å². The molecule has 0 aromatic carbocycles. The van der Waals surface area contributed by atoms with Crippen LogP contribution in [0.5, 0.6) is 0 Å². The number of hydrogen-bond acceptors (Lipinski definition) is 4. The number of nitrogens with one attached hydrogen (secondary N) is 1. The molecule has 0 radical (unpaired) electrons. The molecule has 6 nitrogen and oxygen atoms in total. The Balaban J connectivity index is 1.45. The highest BCUT2D eigenvalue weighted by Crippen LogP contribution is 2.22. The van der Waals surface area contributed by atoms with E-state index in [1.54, 1.807) is 12.3 Å². The molecule has 2 aromatic rings. The fraction of sp³-hybridized carbons (Fsp3) is 0.579. The van der Waals surface area contributed by atoms with Gasteiger partial charge in [0.1, 0.15) is 0 Å². The van der Waals surface area contributed by atoms with Gasteiger partial charge in [0, 0.05) is 56.0 Å². The topological polar surface area (TPSA) is 61.1 Å². The highest BCUT2D eigenvalue weighted by atomic mass is 16.5. The maximum absolute atomic E-state index is 12.4. The van der Waals surface area contributed by atoms with Gasteiger partial charge in [-0.25, -0.2) is 0 Å². The average molecular weight is 342 g/mol. The number of fused-ring (bicyclic) bond motifs is 1.